The maximum absolute atomic E-state index is 11.2. The van der Waals surface area contributed by atoms with Crippen LogP contribution in [0.25, 0.3) is 0 Å². The molecule has 32 heteroatoms. The quantitative estimate of drug-likeness (QED) is 0.0400. The Hall–Kier alpha value is -11.4. The van der Waals surface area contributed by atoms with Crippen LogP contribution in [0.5, 0.6) is 0 Å². The first-order valence-electron chi connectivity index (χ1n) is 33.7. The largest absolute Gasteiger partial charge is 0.297 e. The van der Waals surface area contributed by atoms with Crippen molar-refractivity contribution in [2.45, 2.75) is 52.4 Å². The Morgan fingerprint density at radius 1 is 0.163 bits per heavy atom. The molecule has 0 unspecified atom stereocenters. The Kier molecular flexibility index (Phi) is 28.1. The minimum atomic E-state index is -0.420. The van der Waals surface area contributed by atoms with Gasteiger partial charge in [0, 0.05) is 254 Å². The van der Waals surface area contributed by atoms with Gasteiger partial charge in [0.05, 0.1) is 39.4 Å². The number of nitrogens with zero attached hydrogens (tertiary/aromatic N) is 16. The molecule has 0 bridgehead atoms. The van der Waals surface area contributed by atoms with Crippen LogP contribution in [0.2, 0.25) is 0 Å². The monoisotopic (exact) mass is 1420 g/mol. The molecule has 2 saturated heterocycles. The first-order chi connectivity index (χ1) is 50.0. The molecule has 0 radical (unpaired) electrons. The van der Waals surface area contributed by atoms with Gasteiger partial charge in [-0.15, -0.1) is 0 Å². The third-order valence-corrected chi connectivity index (χ3v) is 18.3. The SMILES string of the molecule is O=[N+]([O-])c1ccc(CN2CCN(Cc3ccc([N+](=O)[O-])cc3)CCN(Cc3ccc([N+](=O)[O-])cc3)CCN(Cc3ccc([N+](=O)[O-])cc3)CC2)cc1.O=[N+]([O-])c1ccc(CN2CCN(Cc3ccc([N+](=O)[O-])cc3)CCN(Cc3ccc([N+](=O)[O-])cc3)CCN(Cc3ccc([N+](=O)[O-])cc3)CC2)cc1. The molecule has 8 aromatic carbocycles. The van der Waals surface area contributed by atoms with Crippen molar-refractivity contribution in [1.29, 1.82) is 0 Å². The zero-order chi connectivity index (χ0) is 74.1. The molecule has 2 heterocycles. The van der Waals surface area contributed by atoms with Crippen molar-refractivity contribution < 1.29 is 39.4 Å². The number of benzene rings is 8. The maximum atomic E-state index is 11.2. The van der Waals surface area contributed by atoms with Gasteiger partial charge < -0.3 is 0 Å². The molecule has 0 aliphatic carbocycles. The summed E-state index contributed by atoms with van der Waals surface area (Å²) in [4.78, 5) is 105. The molecule has 0 amide bonds. The van der Waals surface area contributed by atoms with E-state index in [4.69, 9.17) is 0 Å². The third kappa shape index (κ3) is 24.4. The van der Waals surface area contributed by atoms with Crippen molar-refractivity contribution in [3.05, 3.63) is 320 Å². The Labute approximate surface area is 598 Å². The molecule has 0 atom stereocenters. The van der Waals surface area contributed by atoms with E-state index in [9.17, 15) is 80.9 Å². The van der Waals surface area contributed by atoms with E-state index in [1.807, 2.05) is 0 Å². The van der Waals surface area contributed by atoms with Crippen LogP contribution >= 0.6 is 0 Å². The highest BCUT2D eigenvalue weighted by Crippen LogP contribution is 2.24. The summed E-state index contributed by atoms with van der Waals surface area (Å²) in [5, 5.41) is 90.0. The fourth-order valence-electron chi connectivity index (χ4n) is 12.3. The van der Waals surface area contributed by atoms with Gasteiger partial charge in [-0.1, -0.05) is 97.1 Å². The van der Waals surface area contributed by atoms with Crippen molar-refractivity contribution in [3.63, 3.8) is 0 Å². The van der Waals surface area contributed by atoms with Crippen molar-refractivity contribution in [1.82, 2.24) is 39.2 Å². The molecule has 0 aromatic heterocycles. The minimum Gasteiger partial charge on any atom is -0.297 e. The van der Waals surface area contributed by atoms with Gasteiger partial charge in [-0.05, 0) is 44.5 Å². The summed E-state index contributed by atoms with van der Waals surface area (Å²) in [7, 11) is 0. The lowest BCUT2D eigenvalue weighted by molar-refractivity contribution is -0.385. The Bertz CT molecular complexity index is 3350. The van der Waals surface area contributed by atoms with Gasteiger partial charge >= 0.3 is 0 Å². The van der Waals surface area contributed by atoms with Gasteiger partial charge in [-0.2, -0.15) is 0 Å². The Morgan fingerprint density at radius 3 is 0.308 bits per heavy atom. The van der Waals surface area contributed by atoms with E-state index in [-0.39, 0.29) is 45.5 Å². The van der Waals surface area contributed by atoms with Crippen molar-refractivity contribution in [3.8, 4) is 0 Å². The van der Waals surface area contributed by atoms with Gasteiger partial charge in [0.25, 0.3) is 45.5 Å². The summed E-state index contributed by atoms with van der Waals surface area (Å²) in [5.74, 6) is 0. The molecule has 10 rings (SSSR count). The highest BCUT2D eigenvalue weighted by Gasteiger charge is 2.23. The van der Waals surface area contributed by atoms with Gasteiger partial charge in [0.2, 0.25) is 0 Å². The highest BCUT2D eigenvalue weighted by molar-refractivity contribution is 5.38. The van der Waals surface area contributed by atoms with Crippen LogP contribution in [0.3, 0.4) is 0 Å². The Balaban J connectivity index is 0.000000241. The van der Waals surface area contributed by atoms with E-state index >= 15 is 0 Å². The van der Waals surface area contributed by atoms with Gasteiger partial charge in [-0.3, -0.25) is 120 Å². The van der Waals surface area contributed by atoms with E-state index in [1.165, 1.54) is 97.1 Å². The van der Waals surface area contributed by atoms with Gasteiger partial charge in [-0.25, -0.2) is 0 Å². The second kappa shape index (κ2) is 38.1. The van der Waals surface area contributed by atoms with Crippen LogP contribution in [0.15, 0.2) is 194 Å². The van der Waals surface area contributed by atoms with Crippen LogP contribution in [-0.2, 0) is 52.4 Å². The number of non-ortho nitro benzene ring substituents is 8. The molecule has 2 aliphatic heterocycles. The summed E-state index contributed by atoms with van der Waals surface area (Å²) in [5.41, 5.74) is 7.74. The molecule has 0 saturated carbocycles. The molecule has 104 heavy (non-hydrogen) atoms. The number of hydrogen-bond donors (Lipinski definition) is 0. The molecular formula is C72H80N16O16. The fourth-order valence-corrected chi connectivity index (χ4v) is 12.3. The van der Waals surface area contributed by atoms with Crippen LogP contribution < -0.4 is 0 Å². The lowest BCUT2D eigenvalue weighted by Gasteiger charge is -2.34. The normalized spacial score (nSPS) is 15.7. The predicted molar refractivity (Wildman–Crippen MR) is 387 cm³/mol. The van der Waals surface area contributed by atoms with E-state index in [2.05, 4.69) is 39.2 Å². The number of hydrogen-bond acceptors (Lipinski definition) is 24. The van der Waals surface area contributed by atoms with E-state index in [1.54, 1.807) is 97.1 Å². The highest BCUT2D eigenvalue weighted by atomic mass is 16.7. The van der Waals surface area contributed by atoms with Crippen LogP contribution in [0, 0.1) is 80.9 Å². The molecule has 32 nitrogen and oxygen atoms in total. The molecule has 8 aromatic rings. The number of nitro groups is 8. The van der Waals surface area contributed by atoms with Gasteiger partial charge in [0.1, 0.15) is 0 Å². The second-order valence-corrected chi connectivity index (χ2v) is 25.6. The lowest BCUT2D eigenvalue weighted by Crippen LogP contribution is -2.45. The first-order valence-corrected chi connectivity index (χ1v) is 33.7. The summed E-state index contributed by atoms with van der Waals surface area (Å²) >= 11 is 0. The molecule has 2 fully saturated rings. The van der Waals surface area contributed by atoms with Crippen molar-refractivity contribution in [2.75, 3.05) is 105 Å². The minimum absolute atomic E-state index is 0.0271. The zero-order valence-electron chi connectivity index (χ0n) is 57.1. The zero-order valence-corrected chi connectivity index (χ0v) is 57.1. The second-order valence-electron chi connectivity index (χ2n) is 25.6. The van der Waals surface area contributed by atoms with E-state index in [0.29, 0.717) is 157 Å². The average molecular weight is 1430 g/mol. The van der Waals surface area contributed by atoms with Crippen molar-refractivity contribution in [2.24, 2.45) is 0 Å². The standard InChI is InChI=1S/2C36H40N8O8/c2*45-41(46)33-9-1-29(2-10-33)25-37-17-19-38(26-30-3-11-34(12-4-30)42(47)48)21-23-40(28-32-7-15-36(16-8-32)44(51)52)24-22-39(20-18-37)27-31-5-13-35(14-6-31)43(49)50/h2*1-16H,17-28H2. The number of nitro benzene ring substituents is 8. The summed E-state index contributed by atoms with van der Waals surface area (Å²) in [6.45, 7) is 15.4. The smallest absolute Gasteiger partial charge is 0.269 e. The first kappa shape index (κ1) is 76.8. The lowest BCUT2D eigenvalue weighted by atomic mass is 10.1. The van der Waals surface area contributed by atoms with Crippen LogP contribution in [-0.4, -0.2) is 183 Å². The van der Waals surface area contributed by atoms with Gasteiger partial charge in [0.15, 0.2) is 0 Å². The van der Waals surface area contributed by atoms with Crippen LogP contribution in [0.1, 0.15) is 44.5 Å². The maximum Gasteiger partial charge on any atom is 0.269 e. The summed E-state index contributed by atoms with van der Waals surface area (Å²) < 4.78 is 0. The summed E-state index contributed by atoms with van der Waals surface area (Å²) in [6.07, 6.45) is 0. The molecule has 0 spiro atoms. The Morgan fingerprint density at radius 2 is 0.240 bits per heavy atom. The molecule has 2 aliphatic rings. The molecule has 0 N–H and O–H groups in total. The molecular weight excluding hydrogens is 1340 g/mol. The topological polar surface area (TPSA) is 371 Å². The van der Waals surface area contributed by atoms with Crippen molar-refractivity contribution >= 4 is 45.5 Å². The van der Waals surface area contributed by atoms with E-state index in [0.717, 1.165) is 44.5 Å². The average Bonchev–Trinajstić information content (AvgIpc) is 0.831. The third-order valence-electron chi connectivity index (χ3n) is 18.3. The number of rotatable bonds is 24. The fraction of sp³-hybridized carbons (Fsp3) is 0.333. The summed E-state index contributed by atoms with van der Waals surface area (Å²) in [6, 6.07) is 52.5. The molecule has 544 valence electrons. The predicted octanol–water partition coefficient (Wildman–Crippen LogP) is 11.3. The van der Waals surface area contributed by atoms with E-state index < -0.39 is 39.4 Å². The van der Waals surface area contributed by atoms with Crippen LogP contribution in [0.4, 0.5) is 45.5 Å².